The average molecular weight is 253 g/mol. The van der Waals surface area contributed by atoms with Gasteiger partial charge in [0.2, 0.25) is 5.88 Å². The fraction of sp³-hybridized carbons (Fsp3) is 0.692. The first kappa shape index (κ1) is 14.7. The summed E-state index contributed by atoms with van der Waals surface area (Å²) in [5, 5.41) is 3.24. The van der Waals surface area contributed by atoms with E-state index in [1.807, 2.05) is 13.0 Å². The second-order valence-electron chi connectivity index (χ2n) is 4.20. The average Bonchev–Trinajstić information content (AvgIpc) is 2.36. The van der Waals surface area contributed by atoms with Gasteiger partial charge in [-0.25, -0.2) is 4.98 Å². The highest BCUT2D eigenvalue weighted by molar-refractivity contribution is 5.38. The Morgan fingerprint density at radius 3 is 2.72 bits per heavy atom. The van der Waals surface area contributed by atoms with Crippen LogP contribution in [0, 0.1) is 0 Å². The van der Waals surface area contributed by atoms with Gasteiger partial charge in [-0.15, -0.1) is 0 Å². The number of rotatable bonds is 8. The third-order valence-electron chi connectivity index (χ3n) is 2.48. The molecular weight excluding hydrogens is 230 g/mol. The van der Waals surface area contributed by atoms with Crippen LogP contribution in [0.15, 0.2) is 6.07 Å². The van der Waals surface area contributed by atoms with E-state index in [1.165, 1.54) is 0 Å². The number of ether oxygens (including phenoxy) is 2. The number of hydrogen-bond acceptors (Lipinski definition) is 5. The van der Waals surface area contributed by atoms with Gasteiger partial charge in [0.05, 0.1) is 6.10 Å². The molecule has 1 rings (SSSR count). The molecule has 102 valence electrons. The summed E-state index contributed by atoms with van der Waals surface area (Å²) in [6, 6.07) is 1.83. The lowest BCUT2D eigenvalue weighted by Crippen LogP contribution is -2.13. The summed E-state index contributed by atoms with van der Waals surface area (Å²) in [5.41, 5.74) is 0. The minimum atomic E-state index is 0.148. The van der Waals surface area contributed by atoms with Crippen molar-refractivity contribution in [1.82, 2.24) is 9.97 Å². The van der Waals surface area contributed by atoms with Crippen LogP contribution in [0.5, 0.6) is 5.88 Å². The fourth-order valence-corrected chi connectivity index (χ4v) is 1.36. The van der Waals surface area contributed by atoms with E-state index in [0.29, 0.717) is 18.3 Å². The van der Waals surface area contributed by atoms with Crippen LogP contribution in [-0.4, -0.2) is 29.7 Å². The molecule has 0 spiro atoms. The third-order valence-corrected chi connectivity index (χ3v) is 2.48. The Hall–Kier alpha value is -1.36. The first-order chi connectivity index (χ1) is 8.69. The molecule has 0 aliphatic heterocycles. The van der Waals surface area contributed by atoms with Crippen molar-refractivity contribution in [2.75, 3.05) is 19.0 Å². The zero-order valence-electron chi connectivity index (χ0n) is 11.7. The Bertz CT molecular complexity index is 358. The van der Waals surface area contributed by atoms with Crippen molar-refractivity contribution in [1.29, 1.82) is 0 Å². The number of hydrogen-bond donors (Lipinski definition) is 1. The summed E-state index contributed by atoms with van der Waals surface area (Å²) in [7, 11) is 1.63. The zero-order chi connectivity index (χ0) is 13.4. The van der Waals surface area contributed by atoms with Crippen molar-refractivity contribution in [3.8, 4) is 5.88 Å². The molecule has 1 atom stereocenters. The Kier molecular flexibility index (Phi) is 6.43. The van der Waals surface area contributed by atoms with Gasteiger partial charge in [0, 0.05) is 19.7 Å². The van der Waals surface area contributed by atoms with Gasteiger partial charge >= 0.3 is 0 Å². The van der Waals surface area contributed by atoms with Gasteiger partial charge in [-0.3, -0.25) is 0 Å². The molecule has 5 heteroatoms. The summed E-state index contributed by atoms with van der Waals surface area (Å²) in [4.78, 5) is 8.69. The van der Waals surface area contributed by atoms with Gasteiger partial charge in [-0.1, -0.05) is 13.8 Å². The first-order valence-corrected chi connectivity index (χ1v) is 6.47. The van der Waals surface area contributed by atoms with E-state index in [-0.39, 0.29) is 6.10 Å². The summed E-state index contributed by atoms with van der Waals surface area (Å²) < 4.78 is 10.8. The molecule has 0 amide bonds. The maximum atomic E-state index is 5.72. The van der Waals surface area contributed by atoms with Crippen LogP contribution in [0.3, 0.4) is 0 Å². The SMILES string of the molecule is CCCNc1cc(OC(C)CC)nc(COC)n1. The van der Waals surface area contributed by atoms with Crippen LogP contribution in [0.25, 0.3) is 0 Å². The van der Waals surface area contributed by atoms with Gasteiger partial charge in [0.25, 0.3) is 0 Å². The summed E-state index contributed by atoms with van der Waals surface area (Å²) in [6.07, 6.45) is 2.14. The Balaban J connectivity index is 2.83. The van der Waals surface area contributed by atoms with E-state index in [0.717, 1.165) is 25.2 Å². The zero-order valence-corrected chi connectivity index (χ0v) is 11.7. The molecule has 18 heavy (non-hydrogen) atoms. The predicted molar refractivity (Wildman–Crippen MR) is 71.9 cm³/mol. The predicted octanol–water partition coefficient (Wildman–Crippen LogP) is 2.62. The van der Waals surface area contributed by atoms with Crippen LogP contribution < -0.4 is 10.1 Å². The van der Waals surface area contributed by atoms with E-state index in [2.05, 4.69) is 29.1 Å². The van der Waals surface area contributed by atoms with E-state index >= 15 is 0 Å². The molecule has 0 radical (unpaired) electrons. The van der Waals surface area contributed by atoms with Gasteiger partial charge in [0.15, 0.2) is 5.82 Å². The highest BCUT2D eigenvalue weighted by Crippen LogP contribution is 2.16. The maximum Gasteiger partial charge on any atom is 0.219 e. The highest BCUT2D eigenvalue weighted by atomic mass is 16.5. The lowest BCUT2D eigenvalue weighted by molar-refractivity contribution is 0.172. The smallest absolute Gasteiger partial charge is 0.219 e. The standard InChI is InChI=1S/C13H23N3O2/c1-5-7-14-11-8-13(18-10(3)6-2)16-12(15-11)9-17-4/h8,10H,5-7,9H2,1-4H3,(H,14,15,16). The van der Waals surface area contributed by atoms with Gasteiger partial charge in [-0.05, 0) is 19.8 Å². The van der Waals surface area contributed by atoms with Crippen LogP contribution >= 0.6 is 0 Å². The maximum absolute atomic E-state index is 5.72. The molecule has 5 nitrogen and oxygen atoms in total. The highest BCUT2D eigenvalue weighted by Gasteiger charge is 2.08. The van der Waals surface area contributed by atoms with Crippen LogP contribution in [-0.2, 0) is 11.3 Å². The molecule has 0 aliphatic carbocycles. The molecule has 0 saturated carbocycles. The molecule has 0 bridgehead atoms. The quantitative estimate of drug-likeness (QED) is 0.771. The lowest BCUT2D eigenvalue weighted by atomic mass is 10.3. The number of aromatic nitrogens is 2. The number of methoxy groups -OCH3 is 1. The fourth-order valence-electron chi connectivity index (χ4n) is 1.36. The van der Waals surface area contributed by atoms with Crippen molar-refractivity contribution >= 4 is 5.82 Å². The van der Waals surface area contributed by atoms with Gasteiger partial charge in [0.1, 0.15) is 12.4 Å². The Labute approximate surface area is 109 Å². The molecule has 1 aromatic heterocycles. The van der Waals surface area contributed by atoms with E-state index in [4.69, 9.17) is 9.47 Å². The lowest BCUT2D eigenvalue weighted by Gasteiger charge is -2.14. The normalized spacial score (nSPS) is 12.2. The molecule has 0 fully saturated rings. The van der Waals surface area contributed by atoms with Crippen LogP contribution in [0.4, 0.5) is 5.82 Å². The number of nitrogens with one attached hydrogen (secondary N) is 1. The Morgan fingerprint density at radius 1 is 1.33 bits per heavy atom. The van der Waals surface area contributed by atoms with E-state index in [9.17, 15) is 0 Å². The largest absolute Gasteiger partial charge is 0.475 e. The minimum Gasteiger partial charge on any atom is -0.475 e. The molecule has 1 unspecified atom stereocenters. The van der Waals surface area contributed by atoms with Crippen LogP contribution in [0.2, 0.25) is 0 Å². The van der Waals surface area contributed by atoms with Crippen molar-refractivity contribution in [2.45, 2.75) is 46.3 Å². The number of anilines is 1. The second-order valence-corrected chi connectivity index (χ2v) is 4.20. The molecule has 1 N–H and O–H groups in total. The van der Waals surface area contributed by atoms with Crippen molar-refractivity contribution < 1.29 is 9.47 Å². The van der Waals surface area contributed by atoms with E-state index < -0.39 is 0 Å². The third kappa shape index (κ3) is 4.87. The molecular formula is C13H23N3O2. The minimum absolute atomic E-state index is 0.148. The summed E-state index contributed by atoms with van der Waals surface area (Å²) in [5.74, 6) is 2.03. The Morgan fingerprint density at radius 2 is 2.11 bits per heavy atom. The topological polar surface area (TPSA) is 56.3 Å². The van der Waals surface area contributed by atoms with Crippen molar-refractivity contribution in [3.63, 3.8) is 0 Å². The van der Waals surface area contributed by atoms with Crippen LogP contribution in [0.1, 0.15) is 39.4 Å². The van der Waals surface area contributed by atoms with E-state index in [1.54, 1.807) is 7.11 Å². The van der Waals surface area contributed by atoms with Gasteiger partial charge < -0.3 is 14.8 Å². The first-order valence-electron chi connectivity index (χ1n) is 6.47. The molecule has 0 aromatic carbocycles. The van der Waals surface area contributed by atoms with Gasteiger partial charge in [-0.2, -0.15) is 4.98 Å². The summed E-state index contributed by atoms with van der Waals surface area (Å²) >= 11 is 0. The molecule has 0 saturated heterocycles. The van der Waals surface area contributed by atoms with Crippen molar-refractivity contribution in [2.24, 2.45) is 0 Å². The molecule has 1 heterocycles. The second kappa shape index (κ2) is 7.87. The summed E-state index contributed by atoms with van der Waals surface area (Å²) in [6.45, 7) is 7.49. The monoisotopic (exact) mass is 253 g/mol. The molecule has 0 aliphatic rings. The number of nitrogens with zero attached hydrogens (tertiary/aromatic N) is 2. The van der Waals surface area contributed by atoms with Crippen molar-refractivity contribution in [3.05, 3.63) is 11.9 Å². The molecule has 1 aromatic rings.